The minimum atomic E-state index is -0.851. The van der Waals surface area contributed by atoms with Crippen molar-refractivity contribution in [1.82, 2.24) is 5.32 Å². The molecule has 0 rings (SSSR count). The number of alkyl halides is 3. The van der Waals surface area contributed by atoms with Crippen molar-refractivity contribution >= 4 is 53.7 Å². The zero-order valence-corrected chi connectivity index (χ0v) is 13.5. The zero-order valence-electron chi connectivity index (χ0n) is 8.69. The SMILES string of the molecule is CCCCOCCCNC(=O)C(Br)(Br)Br. The highest BCUT2D eigenvalue weighted by Gasteiger charge is 2.27. The van der Waals surface area contributed by atoms with Crippen LogP contribution in [0.25, 0.3) is 0 Å². The van der Waals surface area contributed by atoms with E-state index in [1.807, 2.05) is 0 Å². The molecule has 6 heteroatoms. The molecule has 0 aromatic rings. The van der Waals surface area contributed by atoms with Crippen LogP contribution < -0.4 is 5.32 Å². The monoisotopic (exact) mass is 407 g/mol. The molecule has 0 fully saturated rings. The number of amides is 1. The predicted octanol–water partition coefficient (Wildman–Crippen LogP) is 3.15. The topological polar surface area (TPSA) is 38.3 Å². The molecule has 0 aliphatic rings. The van der Waals surface area contributed by atoms with Crippen LogP contribution in [0.5, 0.6) is 0 Å². The lowest BCUT2D eigenvalue weighted by atomic mass is 10.4. The van der Waals surface area contributed by atoms with Crippen LogP contribution in [0.2, 0.25) is 0 Å². The van der Waals surface area contributed by atoms with Gasteiger partial charge in [0, 0.05) is 19.8 Å². The van der Waals surface area contributed by atoms with Crippen LogP contribution >= 0.6 is 47.8 Å². The molecule has 0 aliphatic carbocycles. The van der Waals surface area contributed by atoms with Crippen LogP contribution in [0.4, 0.5) is 0 Å². The first-order chi connectivity index (χ1) is 6.98. The van der Waals surface area contributed by atoms with Crippen molar-refractivity contribution in [3.63, 3.8) is 0 Å². The molecule has 1 N–H and O–H groups in total. The second-order valence-corrected chi connectivity index (χ2v) is 9.83. The second kappa shape index (κ2) is 8.96. The first-order valence-electron chi connectivity index (χ1n) is 4.91. The van der Waals surface area contributed by atoms with Gasteiger partial charge in [0.1, 0.15) is 0 Å². The van der Waals surface area contributed by atoms with Crippen LogP contribution in [0.15, 0.2) is 0 Å². The van der Waals surface area contributed by atoms with Crippen LogP contribution in [0, 0.1) is 0 Å². The summed E-state index contributed by atoms with van der Waals surface area (Å²) < 4.78 is 4.50. The zero-order chi connectivity index (χ0) is 11.7. The molecule has 0 saturated heterocycles. The molecule has 0 aromatic heterocycles. The van der Waals surface area contributed by atoms with Crippen molar-refractivity contribution in [2.45, 2.75) is 28.3 Å². The third kappa shape index (κ3) is 9.78. The van der Waals surface area contributed by atoms with Gasteiger partial charge in [-0.2, -0.15) is 0 Å². The van der Waals surface area contributed by atoms with Gasteiger partial charge in [-0.25, -0.2) is 0 Å². The number of hydrogen-bond donors (Lipinski definition) is 1. The van der Waals surface area contributed by atoms with E-state index in [0.29, 0.717) is 13.2 Å². The number of hydrogen-bond acceptors (Lipinski definition) is 2. The summed E-state index contributed by atoms with van der Waals surface area (Å²) in [7, 11) is 0. The molecular weight excluding hydrogens is 394 g/mol. The van der Waals surface area contributed by atoms with E-state index in [4.69, 9.17) is 4.74 Å². The van der Waals surface area contributed by atoms with E-state index in [-0.39, 0.29) is 5.91 Å². The van der Waals surface area contributed by atoms with E-state index in [0.717, 1.165) is 25.9 Å². The van der Waals surface area contributed by atoms with Gasteiger partial charge in [0.15, 0.2) is 0 Å². The Morgan fingerprint density at radius 2 is 1.87 bits per heavy atom. The Hall–Kier alpha value is 0.870. The maximum Gasteiger partial charge on any atom is 0.258 e. The first-order valence-corrected chi connectivity index (χ1v) is 7.29. The third-order valence-corrected chi connectivity index (χ3v) is 2.73. The number of unbranched alkanes of at least 4 members (excludes halogenated alkanes) is 1. The highest BCUT2D eigenvalue weighted by molar-refractivity contribution is 9.40. The van der Waals surface area contributed by atoms with E-state index < -0.39 is 2.14 Å². The molecule has 0 aromatic carbocycles. The molecule has 0 atom stereocenters. The van der Waals surface area contributed by atoms with Crippen molar-refractivity contribution in [1.29, 1.82) is 0 Å². The smallest absolute Gasteiger partial charge is 0.258 e. The summed E-state index contributed by atoms with van der Waals surface area (Å²) in [6, 6.07) is 0. The summed E-state index contributed by atoms with van der Waals surface area (Å²) in [6.07, 6.45) is 3.08. The van der Waals surface area contributed by atoms with E-state index in [9.17, 15) is 4.79 Å². The van der Waals surface area contributed by atoms with Crippen LogP contribution in [0.3, 0.4) is 0 Å². The van der Waals surface area contributed by atoms with Crippen LogP contribution in [-0.2, 0) is 9.53 Å². The Kier molecular flexibility index (Phi) is 9.48. The fourth-order valence-corrected chi connectivity index (χ4v) is 1.25. The molecule has 15 heavy (non-hydrogen) atoms. The lowest BCUT2D eigenvalue weighted by Gasteiger charge is -2.12. The Balaban J connectivity index is 3.28. The summed E-state index contributed by atoms with van der Waals surface area (Å²) in [5.74, 6) is -0.143. The van der Waals surface area contributed by atoms with E-state index in [1.165, 1.54) is 0 Å². The molecule has 0 radical (unpaired) electrons. The molecule has 3 nitrogen and oxygen atoms in total. The lowest BCUT2D eigenvalue weighted by molar-refractivity contribution is -0.119. The van der Waals surface area contributed by atoms with Crippen LogP contribution in [-0.4, -0.2) is 27.8 Å². The fraction of sp³-hybridized carbons (Fsp3) is 0.889. The normalized spacial score (nSPS) is 11.5. The number of ether oxygens (including phenoxy) is 1. The Bertz CT molecular complexity index is 183. The molecule has 0 bridgehead atoms. The fourth-order valence-electron chi connectivity index (χ4n) is 0.825. The standard InChI is InChI=1S/C9H16Br3NO2/c1-2-3-6-15-7-4-5-13-8(14)9(10,11)12/h2-7H2,1H3,(H,13,14). The van der Waals surface area contributed by atoms with Crippen molar-refractivity contribution in [3.05, 3.63) is 0 Å². The van der Waals surface area contributed by atoms with E-state index in [2.05, 4.69) is 60.0 Å². The van der Waals surface area contributed by atoms with Gasteiger partial charge in [-0.15, -0.1) is 0 Å². The predicted molar refractivity (Wildman–Crippen MR) is 72.9 cm³/mol. The van der Waals surface area contributed by atoms with E-state index in [1.54, 1.807) is 0 Å². The molecule has 0 heterocycles. The Labute approximate surface area is 116 Å². The summed E-state index contributed by atoms with van der Waals surface area (Å²) in [6.45, 7) is 4.25. The molecule has 0 aliphatic heterocycles. The number of carbonyl (C=O) groups excluding carboxylic acids is 1. The highest BCUT2D eigenvalue weighted by atomic mass is 80.0. The van der Waals surface area contributed by atoms with Crippen molar-refractivity contribution < 1.29 is 9.53 Å². The van der Waals surface area contributed by atoms with Crippen LogP contribution in [0.1, 0.15) is 26.2 Å². The number of rotatable bonds is 7. The van der Waals surface area contributed by atoms with Crippen molar-refractivity contribution in [2.75, 3.05) is 19.8 Å². The Morgan fingerprint density at radius 3 is 2.40 bits per heavy atom. The first kappa shape index (κ1) is 15.9. The van der Waals surface area contributed by atoms with Gasteiger partial charge in [0.05, 0.1) is 0 Å². The summed E-state index contributed by atoms with van der Waals surface area (Å²) in [5.41, 5.74) is 0. The lowest BCUT2D eigenvalue weighted by Crippen LogP contribution is -2.34. The van der Waals surface area contributed by atoms with Gasteiger partial charge < -0.3 is 10.1 Å². The Morgan fingerprint density at radius 1 is 1.27 bits per heavy atom. The quantitative estimate of drug-likeness (QED) is 0.518. The van der Waals surface area contributed by atoms with Crippen molar-refractivity contribution in [2.24, 2.45) is 0 Å². The van der Waals surface area contributed by atoms with Gasteiger partial charge in [0.2, 0.25) is 2.14 Å². The largest absolute Gasteiger partial charge is 0.381 e. The minimum Gasteiger partial charge on any atom is -0.381 e. The maximum absolute atomic E-state index is 11.3. The van der Waals surface area contributed by atoms with Gasteiger partial charge in [-0.05, 0) is 60.6 Å². The molecule has 1 amide bonds. The maximum atomic E-state index is 11.3. The summed E-state index contributed by atoms with van der Waals surface area (Å²) >= 11 is 9.41. The number of halogens is 3. The second-order valence-electron chi connectivity index (χ2n) is 3.07. The average molecular weight is 410 g/mol. The summed E-state index contributed by atoms with van der Waals surface area (Å²) in [4.78, 5) is 11.3. The number of carbonyl (C=O) groups is 1. The molecule has 90 valence electrons. The van der Waals surface area contributed by atoms with E-state index >= 15 is 0 Å². The minimum absolute atomic E-state index is 0.143. The highest BCUT2D eigenvalue weighted by Crippen LogP contribution is 2.33. The molecule has 0 unspecified atom stereocenters. The van der Waals surface area contributed by atoms with Gasteiger partial charge in [0.25, 0.3) is 5.91 Å². The van der Waals surface area contributed by atoms with Gasteiger partial charge in [-0.1, -0.05) is 13.3 Å². The van der Waals surface area contributed by atoms with Gasteiger partial charge >= 0.3 is 0 Å². The third-order valence-electron chi connectivity index (χ3n) is 1.65. The average Bonchev–Trinajstić information content (AvgIpc) is 2.14. The molecular formula is C9H16Br3NO2. The van der Waals surface area contributed by atoms with Crippen molar-refractivity contribution in [3.8, 4) is 0 Å². The molecule has 0 saturated carbocycles. The molecule has 0 spiro atoms. The van der Waals surface area contributed by atoms with Gasteiger partial charge in [-0.3, -0.25) is 4.79 Å². The number of nitrogens with one attached hydrogen (secondary N) is 1. The summed E-state index contributed by atoms with van der Waals surface area (Å²) in [5, 5.41) is 2.75.